The van der Waals surface area contributed by atoms with Gasteiger partial charge >= 0.3 is 0 Å². The summed E-state index contributed by atoms with van der Waals surface area (Å²) in [5.41, 5.74) is 2.74. The molecule has 0 radical (unpaired) electrons. The minimum Gasteiger partial charge on any atom is -0.352 e. The number of nitrogens with one attached hydrogen (secondary N) is 1. The molecule has 0 aromatic heterocycles. The van der Waals surface area contributed by atoms with E-state index in [9.17, 15) is 4.79 Å². The summed E-state index contributed by atoms with van der Waals surface area (Å²) in [5.74, 6) is 0.0233. The molecule has 0 aliphatic heterocycles. The Morgan fingerprint density at radius 1 is 1.14 bits per heavy atom. The minimum atomic E-state index is 0.0233. The summed E-state index contributed by atoms with van der Waals surface area (Å²) < 4.78 is 1.03. The molecular weight excluding hydrogens is 328 g/mol. The minimum absolute atomic E-state index is 0.0233. The van der Waals surface area contributed by atoms with Crippen molar-refractivity contribution in [1.29, 1.82) is 5.26 Å². The van der Waals surface area contributed by atoms with Crippen LogP contribution in [0, 0.1) is 11.3 Å². The number of hydrogen-bond donors (Lipinski definition) is 1. The Bertz CT molecular complexity index is 659. The van der Waals surface area contributed by atoms with Gasteiger partial charge in [-0.3, -0.25) is 4.79 Å². The molecule has 0 aliphatic carbocycles. The van der Waals surface area contributed by atoms with Crippen LogP contribution in [0.1, 0.15) is 23.1 Å². The Balaban J connectivity index is 1.79. The fraction of sp³-hybridized carbons (Fsp3) is 0.176. The zero-order valence-electron chi connectivity index (χ0n) is 11.5. The molecule has 4 heteroatoms. The van der Waals surface area contributed by atoms with Crippen LogP contribution in [0.4, 0.5) is 0 Å². The third kappa shape index (κ3) is 4.73. The van der Waals surface area contributed by atoms with E-state index in [1.807, 2.05) is 36.4 Å². The highest BCUT2D eigenvalue weighted by molar-refractivity contribution is 9.10. The first kappa shape index (κ1) is 15.3. The lowest BCUT2D eigenvalue weighted by molar-refractivity contribution is -0.121. The fourth-order valence-corrected chi connectivity index (χ4v) is 2.42. The first-order valence-electron chi connectivity index (χ1n) is 6.68. The third-order valence-electron chi connectivity index (χ3n) is 3.15. The number of rotatable bonds is 5. The molecule has 0 bridgehead atoms. The van der Waals surface area contributed by atoms with Crippen LogP contribution in [0.15, 0.2) is 53.0 Å². The van der Waals surface area contributed by atoms with E-state index in [0.29, 0.717) is 24.9 Å². The number of amides is 1. The van der Waals surface area contributed by atoms with Gasteiger partial charge in [0.1, 0.15) is 0 Å². The molecule has 1 N–H and O–H groups in total. The number of carbonyl (C=O) groups is 1. The van der Waals surface area contributed by atoms with Crippen molar-refractivity contribution >= 4 is 21.8 Å². The number of halogens is 1. The predicted molar refractivity (Wildman–Crippen MR) is 85.5 cm³/mol. The second-order valence-electron chi connectivity index (χ2n) is 4.68. The number of hydrogen-bond acceptors (Lipinski definition) is 2. The van der Waals surface area contributed by atoms with Crippen molar-refractivity contribution in [2.24, 2.45) is 0 Å². The molecule has 21 heavy (non-hydrogen) atoms. The van der Waals surface area contributed by atoms with E-state index < -0.39 is 0 Å². The predicted octanol–water partition coefficient (Wildman–Crippen LogP) is 3.57. The van der Waals surface area contributed by atoms with Gasteiger partial charge in [-0.2, -0.15) is 5.26 Å². The molecule has 2 aromatic rings. The standard InChI is InChI=1S/C17H15BrN2O/c18-16-4-2-1-3-15(16)9-10-17(21)20-12-14-7-5-13(11-19)6-8-14/h1-8H,9-10,12H2,(H,20,21). The SMILES string of the molecule is N#Cc1ccc(CNC(=O)CCc2ccccc2Br)cc1. The van der Waals surface area contributed by atoms with Crippen molar-refractivity contribution in [3.8, 4) is 6.07 Å². The highest BCUT2D eigenvalue weighted by Crippen LogP contribution is 2.17. The lowest BCUT2D eigenvalue weighted by Gasteiger charge is -2.06. The molecule has 0 fully saturated rings. The van der Waals surface area contributed by atoms with E-state index in [2.05, 4.69) is 27.3 Å². The number of nitriles is 1. The van der Waals surface area contributed by atoms with E-state index in [1.165, 1.54) is 0 Å². The molecular formula is C17H15BrN2O. The van der Waals surface area contributed by atoms with E-state index in [-0.39, 0.29) is 5.91 Å². The van der Waals surface area contributed by atoms with E-state index in [0.717, 1.165) is 15.6 Å². The van der Waals surface area contributed by atoms with E-state index >= 15 is 0 Å². The van der Waals surface area contributed by atoms with Gasteiger partial charge in [0.25, 0.3) is 0 Å². The summed E-state index contributed by atoms with van der Waals surface area (Å²) in [6.07, 6.45) is 1.17. The number of benzene rings is 2. The molecule has 106 valence electrons. The molecule has 0 unspecified atom stereocenters. The normalized spacial score (nSPS) is 9.90. The van der Waals surface area contributed by atoms with Crippen LogP contribution >= 0.6 is 15.9 Å². The first-order chi connectivity index (χ1) is 10.2. The van der Waals surface area contributed by atoms with Gasteiger partial charge in [0.15, 0.2) is 0 Å². The second kappa shape index (κ2) is 7.61. The summed E-state index contributed by atoms with van der Waals surface area (Å²) >= 11 is 3.48. The zero-order valence-corrected chi connectivity index (χ0v) is 13.1. The van der Waals surface area contributed by atoms with Crippen LogP contribution < -0.4 is 5.32 Å². The van der Waals surface area contributed by atoms with Crippen molar-refractivity contribution in [2.45, 2.75) is 19.4 Å². The van der Waals surface area contributed by atoms with Crippen LogP contribution in [-0.2, 0) is 17.8 Å². The maximum Gasteiger partial charge on any atom is 0.220 e. The molecule has 0 aliphatic rings. The Kier molecular flexibility index (Phi) is 5.53. The van der Waals surface area contributed by atoms with Crippen LogP contribution in [0.3, 0.4) is 0 Å². The average molecular weight is 343 g/mol. The number of aryl methyl sites for hydroxylation is 1. The summed E-state index contributed by atoms with van der Waals surface area (Å²) in [6.45, 7) is 0.487. The molecule has 0 saturated carbocycles. The van der Waals surface area contributed by atoms with Gasteiger partial charge in [-0.25, -0.2) is 0 Å². The van der Waals surface area contributed by atoms with Gasteiger partial charge in [-0.1, -0.05) is 46.3 Å². The highest BCUT2D eigenvalue weighted by atomic mass is 79.9. The Morgan fingerprint density at radius 3 is 2.52 bits per heavy atom. The summed E-state index contributed by atoms with van der Waals surface area (Å²) in [5, 5.41) is 11.6. The lowest BCUT2D eigenvalue weighted by atomic mass is 10.1. The van der Waals surface area contributed by atoms with Gasteiger partial charge < -0.3 is 5.32 Å². The van der Waals surface area contributed by atoms with Crippen LogP contribution in [0.2, 0.25) is 0 Å². The van der Waals surface area contributed by atoms with Gasteiger partial charge in [0.2, 0.25) is 5.91 Å². The Labute approximate surface area is 132 Å². The lowest BCUT2D eigenvalue weighted by Crippen LogP contribution is -2.23. The number of nitrogens with zero attached hydrogens (tertiary/aromatic N) is 1. The molecule has 2 rings (SSSR count). The maximum atomic E-state index is 11.8. The smallest absolute Gasteiger partial charge is 0.220 e. The summed E-state index contributed by atoms with van der Waals surface area (Å²) in [4.78, 5) is 11.8. The molecule has 3 nitrogen and oxygen atoms in total. The van der Waals surface area contributed by atoms with E-state index in [1.54, 1.807) is 12.1 Å². The first-order valence-corrected chi connectivity index (χ1v) is 7.47. The Hall–Kier alpha value is -2.12. The fourth-order valence-electron chi connectivity index (χ4n) is 1.94. The quantitative estimate of drug-likeness (QED) is 0.902. The van der Waals surface area contributed by atoms with Gasteiger partial charge in [-0.05, 0) is 35.7 Å². The van der Waals surface area contributed by atoms with Crippen LogP contribution in [0.25, 0.3) is 0 Å². The van der Waals surface area contributed by atoms with Crippen LogP contribution in [0.5, 0.6) is 0 Å². The maximum absolute atomic E-state index is 11.8. The highest BCUT2D eigenvalue weighted by Gasteiger charge is 2.04. The van der Waals surface area contributed by atoms with Gasteiger partial charge in [0, 0.05) is 17.4 Å². The zero-order chi connectivity index (χ0) is 15.1. The van der Waals surface area contributed by atoms with E-state index in [4.69, 9.17) is 5.26 Å². The monoisotopic (exact) mass is 342 g/mol. The second-order valence-corrected chi connectivity index (χ2v) is 5.53. The largest absolute Gasteiger partial charge is 0.352 e. The van der Waals surface area contributed by atoms with Crippen molar-refractivity contribution in [3.05, 3.63) is 69.7 Å². The molecule has 0 heterocycles. The molecule has 1 amide bonds. The van der Waals surface area contributed by atoms with Crippen LogP contribution in [-0.4, -0.2) is 5.91 Å². The Morgan fingerprint density at radius 2 is 1.86 bits per heavy atom. The summed E-state index contributed by atoms with van der Waals surface area (Å²) in [7, 11) is 0. The molecule has 0 spiro atoms. The molecule has 0 saturated heterocycles. The topological polar surface area (TPSA) is 52.9 Å². The van der Waals surface area contributed by atoms with Crippen molar-refractivity contribution in [2.75, 3.05) is 0 Å². The molecule has 0 atom stereocenters. The van der Waals surface area contributed by atoms with Gasteiger partial charge in [0.05, 0.1) is 11.6 Å². The van der Waals surface area contributed by atoms with Crippen molar-refractivity contribution in [1.82, 2.24) is 5.32 Å². The van der Waals surface area contributed by atoms with Crippen molar-refractivity contribution in [3.63, 3.8) is 0 Å². The average Bonchev–Trinajstić information content (AvgIpc) is 2.52. The molecule has 2 aromatic carbocycles. The summed E-state index contributed by atoms with van der Waals surface area (Å²) in [6, 6.07) is 17.2. The third-order valence-corrected chi connectivity index (χ3v) is 3.93. The van der Waals surface area contributed by atoms with Gasteiger partial charge in [-0.15, -0.1) is 0 Å². The number of carbonyl (C=O) groups excluding carboxylic acids is 1. The van der Waals surface area contributed by atoms with Crippen molar-refractivity contribution < 1.29 is 4.79 Å².